The molecular formula is C8H6ClFN4. The van der Waals surface area contributed by atoms with E-state index in [9.17, 15) is 4.39 Å². The highest BCUT2D eigenvalue weighted by atomic mass is 35.5. The van der Waals surface area contributed by atoms with E-state index in [0.717, 1.165) is 0 Å². The van der Waals surface area contributed by atoms with Gasteiger partial charge < -0.3 is 5.73 Å². The summed E-state index contributed by atoms with van der Waals surface area (Å²) in [4.78, 5) is 3.76. The van der Waals surface area contributed by atoms with Crippen LogP contribution >= 0.6 is 11.6 Å². The van der Waals surface area contributed by atoms with Crippen LogP contribution in [0.15, 0.2) is 23.2 Å². The lowest BCUT2D eigenvalue weighted by atomic mass is 10.3. The number of benzene rings is 1. The summed E-state index contributed by atoms with van der Waals surface area (Å²) in [6, 6.07) is 3.87. The van der Waals surface area contributed by atoms with Crippen molar-refractivity contribution in [2.75, 3.05) is 0 Å². The van der Waals surface area contributed by atoms with E-state index in [1.807, 2.05) is 0 Å². The van der Waals surface area contributed by atoms with Crippen LogP contribution in [-0.2, 0) is 0 Å². The number of hydrogen-bond acceptors (Lipinski definition) is 2. The average Bonchev–Trinajstić information content (AvgIpc) is 2.12. The Bertz CT molecular complexity index is 410. The normalized spacial score (nSPS) is 10.8. The molecule has 0 aliphatic heterocycles. The van der Waals surface area contributed by atoms with Crippen molar-refractivity contribution < 1.29 is 4.39 Å². The Morgan fingerprint density at radius 1 is 1.64 bits per heavy atom. The Hall–Kier alpha value is -1.80. The van der Waals surface area contributed by atoms with Gasteiger partial charge in [-0.2, -0.15) is 5.26 Å². The fourth-order valence-corrected chi connectivity index (χ4v) is 0.954. The lowest BCUT2D eigenvalue weighted by molar-refractivity contribution is 0.628. The first kappa shape index (κ1) is 10.3. The first-order chi connectivity index (χ1) is 6.63. The fraction of sp³-hybridized carbons (Fsp3) is 0. The fourth-order valence-electron chi connectivity index (χ4n) is 0.779. The van der Waals surface area contributed by atoms with Crippen molar-refractivity contribution >= 4 is 23.2 Å². The predicted molar refractivity (Wildman–Crippen MR) is 51.4 cm³/mol. The minimum atomic E-state index is -0.530. The molecule has 1 aromatic rings. The van der Waals surface area contributed by atoms with Crippen LogP contribution in [0.25, 0.3) is 0 Å². The molecule has 4 nitrogen and oxygen atoms in total. The maximum Gasteiger partial charge on any atom is 0.207 e. The second-order valence-corrected chi connectivity index (χ2v) is 2.74. The molecule has 3 N–H and O–H groups in total. The minimum absolute atomic E-state index is 0.0454. The van der Waals surface area contributed by atoms with Gasteiger partial charge in [0.1, 0.15) is 5.82 Å². The zero-order valence-corrected chi connectivity index (χ0v) is 7.72. The van der Waals surface area contributed by atoms with Crippen LogP contribution in [-0.4, -0.2) is 5.96 Å². The van der Waals surface area contributed by atoms with Crippen LogP contribution in [0.4, 0.5) is 10.1 Å². The molecule has 6 heteroatoms. The number of nitrogens with zero attached hydrogens (tertiary/aromatic N) is 2. The summed E-state index contributed by atoms with van der Waals surface area (Å²) in [5.74, 6) is -0.604. The van der Waals surface area contributed by atoms with Gasteiger partial charge in [0, 0.05) is 0 Å². The molecule has 0 amide bonds. The summed E-state index contributed by atoms with van der Waals surface area (Å²) < 4.78 is 12.7. The standard InChI is InChI=1S/C8H6ClFN4/c9-6-3-5(1-2-7(6)10)14-8(12)13-4-11/h1-3H,(H3,12,13,14). The van der Waals surface area contributed by atoms with Crippen LogP contribution in [0.3, 0.4) is 0 Å². The number of hydrogen-bond donors (Lipinski definition) is 2. The van der Waals surface area contributed by atoms with Gasteiger partial charge in [-0.15, -0.1) is 0 Å². The molecule has 0 unspecified atom stereocenters. The second-order valence-electron chi connectivity index (χ2n) is 2.33. The molecule has 0 spiro atoms. The first-order valence-corrected chi connectivity index (χ1v) is 3.95. The number of nitrogens with one attached hydrogen (secondary N) is 1. The van der Waals surface area contributed by atoms with Gasteiger partial charge >= 0.3 is 0 Å². The zero-order valence-electron chi connectivity index (χ0n) is 6.96. The third-order valence-corrected chi connectivity index (χ3v) is 1.63. The summed E-state index contributed by atoms with van der Waals surface area (Å²) >= 11 is 5.50. The molecule has 0 bridgehead atoms. The maximum atomic E-state index is 12.7. The second kappa shape index (κ2) is 4.44. The summed E-state index contributed by atoms with van der Waals surface area (Å²) in [5, 5.41) is 10.3. The highest BCUT2D eigenvalue weighted by Gasteiger charge is 2.00. The molecule has 14 heavy (non-hydrogen) atoms. The van der Waals surface area contributed by atoms with Gasteiger partial charge in [-0.05, 0) is 18.2 Å². The van der Waals surface area contributed by atoms with Crippen molar-refractivity contribution in [2.24, 2.45) is 10.7 Å². The maximum absolute atomic E-state index is 12.7. The van der Waals surface area contributed by atoms with Gasteiger partial charge in [-0.1, -0.05) is 11.6 Å². The third kappa shape index (κ3) is 2.61. The van der Waals surface area contributed by atoms with Gasteiger partial charge in [0.2, 0.25) is 5.96 Å². The number of rotatable bonds is 1. The Kier molecular flexibility index (Phi) is 3.26. The van der Waals surface area contributed by atoms with E-state index >= 15 is 0 Å². The Balaban J connectivity index is 2.94. The Morgan fingerprint density at radius 2 is 2.36 bits per heavy atom. The van der Waals surface area contributed by atoms with Gasteiger partial charge in [0.05, 0.1) is 10.7 Å². The van der Waals surface area contributed by atoms with E-state index in [-0.39, 0.29) is 11.0 Å². The number of aliphatic imine (C=N–C) groups is 1. The van der Waals surface area contributed by atoms with E-state index in [1.165, 1.54) is 18.2 Å². The van der Waals surface area contributed by atoms with Gasteiger partial charge in [-0.25, -0.2) is 9.38 Å². The van der Waals surface area contributed by atoms with Crippen molar-refractivity contribution in [3.05, 3.63) is 29.0 Å². The van der Waals surface area contributed by atoms with E-state index in [0.29, 0.717) is 5.69 Å². The third-order valence-electron chi connectivity index (χ3n) is 1.34. The first-order valence-electron chi connectivity index (χ1n) is 3.58. The molecule has 0 saturated heterocycles. The van der Waals surface area contributed by atoms with Crippen molar-refractivity contribution in [2.45, 2.75) is 0 Å². The largest absolute Gasteiger partial charge is 0.369 e. The molecule has 0 saturated carbocycles. The predicted octanol–water partition coefficient (Wildman–Crippen LogP) is 1.50. The van der Waals surface area contributed by atoms with Crippen molar-refractivity contribution in [1.82, 2.24) is 5.32 Å². The lowest BCUT2D eigenvalue weighted by Crippen LogP contribution is -2.26. The Morgan fingerprint density at radius 3 is 2.93 bits per heavy atom. The van der Waals surface area contributed by atoms with E-state index < -0.39 is 5.82 Å². The lowest BCUT2D eigenvalue weighted by Gasteiger charge is -1.98. The highest BCUT2D eigenvalue weighted by molar-refractivity contribution is 6.31. The molecular weight excluding hydrogens is 207 g/mol. The number of guanidine groups is 1. The molecule has 0 radical (unpaired) electrons. The van der Waals surface area contributed by atoms with Gasteiger partial charge in [0.15, 0.2) is 6.19 Å². The highest BCUT2D eigenvalue weighted by Crippen LogP contribution is 2.21. The zero-order chi connectivity index (χ0) is 10.6. The topological polar surface area (TPSA) is 74.2 Å². The molecule has 0 aliphatic rings. The molecule has 0 atom stereocenters. The molecule has 1 rings (SSSR count). The molecule has 0 aromatic heterocycles. The van der Waals surface area contributed by atoms with Crippen molar-refractivity contribution in [3.8, 4) is 6.19 Å². The van der Waals surface area contributed by atoms with Gasteiger partial charge in [-0.3, -0.25) is 5.32 Å². The summed E-state index contributed by atoms with van der Waals surface area (Å²) in [6.07, 6.45) is 1.60. The van der Waals surface area contributed by atoms with Crippen molar-refractivity contribution in [1.29, 1.82) is 5.26 Å². The minimum Gasteiger partial charge on any atom is -0.369 e. The molecule has 0 heterocycles. The SMILES string of the molecule is N#CNC(N)=Nc1ccc(F)c(Cl)c1. The van der Waals surface area contributed by atoms with Crippen LogP contribution in [0, 0.1) is 17.3 Å². The van der Waals surface area contributed by atoms with E-state index in [1.54, 1.807) is 6.19 Å². The Labute approximate surface area is 84.8 Å². The van der Waals surface area contributed by atoms with Gasteiger partial charge in [0.25, 0.3) is 0 Å². The summed E-state index contributed by atoms with van der Waals surface area (Å²) in [6.45, 7) is 0. The molecule has 72 valence electrons. The molecule has 1 aromatic carbocycles. The van der Waals surface area contributed by atoms with E-state index in [2.05, 4.69) is 10.3 Å². The number of nitrogens with two attached hydrogens (primary N) is 1. The van der Waals surface area contributed by atoms with Crippen LogP contribution in [0.5, 0.6) is 0 Å². The smallest absolute Gasteiger partial charge is 0.207 e. The van der Waals surface area contributed by atoms with Crippen LogP contribution < -0.4 is 11.1 Å². The van der Waals surface area contributed by atoms with Crippen LogP contribution in [0.2, 0.25) is 5.02 Å². The van der Waals surface area contributed by atoms with Crippen LogP contribution in [0.1, 0.15) is 0 Å². The molecule has 0 aliphatic carbocycles. The number of halogens is 2. The summed E-state index contributed by atoms with van der Waals surface area (Å²) in [7, 11) is 0. The summed E-state index contributed by atoms with van der Waals surface area (Å²) in [5.41, 5.74) is 5.66. The van der Waals surface area contributed by atoms with Crippen molar-refractivity contribution in [3.63, 3.8) is 0 Å². The monoisotopic (exact) mass is 212 g/mol. The quantitative estimate of drug-likeness (QED) is 0.321. The molecule has 0 fully saturated rings. The number of nitriles is 1. The van der Waals surface area contributed by atoms with E-state index in [4.69, 9.17) is 22.6 Å². The average molecular weight is 213 g/mol.